The molecular weight excluding hydrogens is 319 g/mol. The van der Waals surface area contributed by atoms with Crippen molar-refractivity contribution >= 4 is 17.5 Å². The monoisotopic (exact) mass is 340 g/mol. The van der Waals surface area contributed by atoms with Gasteiger partial charge in [-0.3, -0.25) is 9.59 Å². The first-order valence-electron chi connectivity index (χ1n) is 8.44. The molecule has 2 amide bonds. The largest absolute Gasteiger partial charge is 0.356 e. The second-order valence-corrected chi connectivity index (χ2v) is 6.29. The van der Waals surface area contributed by atoms with Crippen molar-refractivity contribution in [2.24, 2.45) is 0 Å². The molecule has 2 aromatic rings. The molecule has 1 aliphatic rings. The number of rotatable bonds is 6. The molecule has 0 radical (unpaired) electrons. The summed E-state index contributed by atoms with van der Waals surface area (Å²) in [6.45, 7) is 0.536. The highest BCUT2D eigenvalue weighted by molar-refractivity contribution is 6.06. The number of nitrogens with zero attached hydrogens (tertiary/aromatic N) is 1. The lowest BCUT2D eigenvalue weighted by molar-refractivity contribution is -0.125. The van der Waals surface area contributed by atoms with Crippen LogP contribution in [-0.4, -0.2) is 25.4 Å². The summed E-state index contributed by atoms with van der Waals surface area (Å²) in [7, 11) is 1.74. The Balaban J connectivity index is 1.48. The lowest BCUT2D eigenvalue weighted by Gasteiger charge is -2.11. The van der Waals surface area contributed by atoms with Crippen LogP contribution in [0.5, 0.6) is 0 Å². The van der Waals surface area contributed by atoms with Gasteiger partial charge in [0.15, 0.2) is 0 Å². The lowest BCUT2D eigenvalue weighted by Crippen LogP contribution is -2.30. The smallest absolute Gasteiger partial charge is 0.234 e. The van der Waals surface area contributed by atoms with Crippen LogP contribution in [0.2, 0.25) is 0 Å². The average Bonchev–Trinajstić information content (AvgIpc) is 2.86. The summed E-state index contributed by atoms with van der Waals surface area (Å²) in [6.07, 6.45) is 1.71. The molecule has 0 spiro atoms. The molecule has 0 bridgehead atoms. The number of para-hydroxylation sites is 1. The van der Waals surface area contributed by atoms with Crippen LogP contribution in [-0.2, 0) is 16.0 Å². The van der Waals surface area contributed by atoms with E-state index in [2.05, 4.69) is 5.32 Å². The fourth-order valence-electron chi connectivity index (χ4n) is 3.20. The van der Waals surface area contributed by atoms with Gasteiger partial charge in [-0.25, -0.2) is 4.39 Å². The van der Waals surface area contributed by atoms with Crippen LogP contribution >= 0.6 is 0 Å². The summed E-state index contributed by atoms with van der Waals surface area (Å²) >= 11 is 0. The third-order valence-electron chi connectivity index (χ3n) is 4.57. The van der Waals surface area contributed by atoms with E-state index in [1.165, 1.54) is 12.1 Å². The molecule has 2 aromatic carbocycles. The van der Waals surface area contributed by atoms with Crippen molar-refractivity contribution in [2.45, 2.75) is 25.2 Å². The second-order valence-electron chi connectivity index (χ2n) is 6.29. The van der Waals surface area contributed by atoms with Gasteiger partial charge in [-0.15, -0.1) is 0 Å². The van der Waals surface area contributed by atoms with E-state index in [4.69, 9.17) is 0 Å². The van der Waals surface area contributed by atoms with E-state index in [0.717, 1.165) is 29.7 Å². The number of benzene rings is 2. The van der Waals surface area contributed by atoms with Crippen molar-refractivity contribution in [1.29, 1.82) is 0 Å². The van der Waals surface area contributed by atoms with Crippen molar-refractivity contribution in [3.63, 3.8) is 0 Å². The Morgan fingerprint density at radius 3 is 2.64 bits per heavy atom. The highest BCUT2D eigenvalue weighted by atomic mass is 19.1. The molecule has 1 N–H and O–H groups in total. The molecule has 25 heavy (non-hydrogen) atoms. The number of halogens is 1. The summed E-state index contributed by atoms with van der Waals surface area (Å²) in [5.41, 5.74) is 2.83. The SMILES string of the molecule is CN1C(=O)C(CC(=O)NCCCc2ccc(F)cc2)c2ccccc21. The minimum Gasteiger partial charge on any atom is -0.356 e. The maximum Gasteiger partial charge on any atom is 0.234 e. The molecule has 5 heteroatoms. The Kier molecular flexibility index (Phi) is 5.12. The minimum atomic E-state index is -0.404. The third-order valence-corrected chi connectivity index (χ3v) is 4.57. The number of amides is 2. The number of hydrogen-bond donors (Lipinski definition) is 1. The number of anilines is 1. The number of fused-ring (bicyclic) bond motifs is 1. The Labute approximate surface area is 146 Å². The van der Waals surface area contributed by atoms with Crippen LogP contribution in [0.25, 0.3) is 0 Å². The molecular formula is C20H21FN2O2. The van der Waals surface area contributed by atoms with Gasteiger partial charge in [0.25, 0.3) is 0 Å². The van der Waals surface area contributed by atoms with E-state index in [0.29, 0.717) is 6.54 Å². The van der Waals surface area contributed by atoms with Crippen LogP contribution < -0.4 is 10.2 Å². The standard InChI is InChI=1S/C20H21FN2O2/c1-23-18-7-3-2-6-16(18)17(20(23)25)13-19(24)22-12-4-5-14-8-10-15(21)11-9-14/h2-3,6-11,17H,4-5,12-13H2,1H3,(H,22,24). The van der Waals surface area contributed by atoms with E-state index in [1.54, 1.807) is 24.1 Å². The second kappa shape index (κ2) is 7.47. The molecule has 3 rings (SSSR count). The van der Waals surface area contributed by atoms with Crippen molar-refractivity contribution < 1.29 is 14.0 Å². The first kappa shape index (κ1) is 17.1. The van der Waals surface area contributed by atoms with Gasteiger partial charge in [0.2, 0.25) is 11.8 Å². The molecule has 130 valence electrons. The fraction of sp³-hybridized carbons (Fsp3) is 0.300. The third kappa shape index (κ3) is 3.87. The average molecular weight is 340 g/mol. The number of carbonyl (C=O) groups is 2. The van der Waals surface area contributed by atoms with E-state index in [1.807, 2.05) is 24.3 Å². The lowest BCUT2D eigenvalue weighted by atomic mass is 9.97. The first-order chi connectivity index (χ1) is 12.1. The first-order valence-corrected chi connectivity index (χ1v) is 8.44. The number of carbonyl (C=O) groups excluding carboxylic acids is 2. The molecule has 1 atom stereocenters. The summed E-state index contributed by atoms with van der Waals surface area (Å²) in [6, 6.07) is 14.0. The Morgan fingerprint density at radius 2 is 1.88 bits per heavy atom. The zero-order valence-electron chi connectivity index (χ0n) is 14.2. The van der Waals surface area contributed by atoms with Crippen molar-refractivity contribution in [1.82, 2.24) is 5.32 Å². The summed E-state index contributed by atoms with van der Waals surface area (Å²) in [5.74, 6) is -0.813. The molecule has 0 aliphatic carbocycles. The summed E-state index contributed by atoms with van der Waals surface area (Å²) in [5, 5.41) is 2.87. The predicted molar refractivity (Wildman–Crippen MR) is 94.9 cm³/mol. The summed E-state index contributed by atoms with van der Waals surface area (Å²) in [4.78, 5) is 26.2. The van der Waals surface area contributed by atoms with Gasteiger partial charge in [0.1, 0.15) is 5.82 Å². The number of likely N-dealkylation sites (N-methyl/N-ethyl adjacent to an activating group) is 1. The predicted octanol–water partition coefficient (Wildman–Crippen LogP) is 3.02. The van der Waals surface area contributed by atoms with E-state index >= 15 is 0 Å². The van der Waals surface area contributed by atoms with Gasteiger partial charge in [-0.1, -0.05) is 30.3 Å². The van der Waals surface area contributed by atoms with Crippen molar-refractivity contribution in [2.75, 3.05) is 18.5 Å². The van der Waals surface area contributed by atoms with Crippen LogP contribution in [0.4, 0.5) is 10.1 Å². The van der Waals surface area contributed by atoms with Gasteiger partial charge in [-0.05, 0) is 42.2 Å². The topological polar surface area (TPSA) is 49.4 Å². The van der Waals surface area contributed by atoms with Crippen LogP contribution in [0.15, 0.2) is 48.5 Å². The van der Waals surface area contributed by atoms with Crippen LogP contribution in [0, 0.1) is 5.82 Å². The molecule has 1 heterocycles. The fourth-order valence-corrected chi connectivity index (χ4v) is 3.20. The molecule has 0 saturated heterocycles. The molecule has 4 nitrogen and oxygen atoms in total. The maximum absolute atomic E-state index is 12.9. The number of hydrogen-bond acceptors (Lipinski definition) is 2. The van der Waals surface area contributed by atoms with Gasteiger partial charge in [0, 0.05) is 25.7 Å². The minimum absolute atomic E-state index is 0.0392. The van der Waals surface area contributed by atoms with Crippen LogP contribution in [0.1, 0.15) is 29.9 Å². The van der Waals surface area contributed by atoms with Crippen molar-refractivity contribution in [3.8, 4) is 0 Å². The van der Waals surface area contributed by atoms with E-state index in [9.17, 15) is 14.0 Å². The normalized spacial score (nSPS) is 16.0. The maximum atomic E-state index is 12.9. The quantitative estimate of drug-likeness (QED) is 0.822. The zero-order valence-corrected chi connectivity index (χ0v) is 14.2. The molecule has 0 fully saturated rings. The Bertz CT molecular complexity index is 774. The Morgan fingerprint density at radius 1 is 1.16 bits per heavy atom. The van der Waals surface area contributed by atoms with Gasteiger partial charge in [0.05, 0.1) is 5.92 Å². The molecule has 0 saturated carbocycles. The number of aryl methyl sites for hydroxylation is 1. The molecule has 1 aliphatic heterocycles. The van der Waals surface area contributed by atoms with E-state index in [-0.39, 0.29) is 24.1 Å². The van der Waals surface area contributed by atoms with Crippen molar-refractivity contribution in [3.05, 3.63) is 65.5 Å². The van der Waals surface area contributed by atoms with Crippen LogP contribution in [0.3, 0.4) is 0 Å². The van der Waals surface area contributed by atoms with Gasteiger partial charge < -0.3 is 10.2 Å². The zero-order chi connectivity index (χ0) is 17.8. The highest BCUT2D eigenvalue weighted by Crippen LogP contribution is 2.37. The van der Waals surface area contributed by atoms with E-state index < -0.39 is 5.92 Å². The number of nitrogens with one attached hydrogen (secondary N) is 1. The Hall–Kier alpha value is -2.69. The highest BCUT2D eigenvalue weighted by Gasteiger charge is 2.35. The van der Waals surface area contributed by atoms with Gasteiger partial charge >= 0.3 is 0 Å². The van der Waals surface area contributed by atoms with Gasteiger partial charge in [-0.2, -0.15) is 0 Å². The molecule has 1 unspecified atom stereocenters. The molecule has 0 aromatic heterocycles. The summed E-state index contributed by atoms with van der Waals surface area (Å²) < 4.78 is 12.9.